The van der Waals surface area contributed by atoms with E-state index in [0.717, 1.165) is 0 Å². The Bertz CT molecular complexity index is 220. The van der Waals surface area contributed by atoms with Crippen molar-refractivity contribution in [1.29, 1.82) is 0 Å². The van der Waals surface area contributed by atoms with Crippen molar-refractivity contribution in [3.8, 4) is 0 Å². The van der Waals surface area contributed by atoms with E-state index in [2.05, 4.69) is 15.9 Å². The van der Waals surface area contributed by atoms with Crippen molar-refractivity contribution in [3.05, 3.63) is 30.1 Å². The van der Waals surface area contributed by atoms with Crippen molar-refractivity contribution < 1.29 is 9.53 Å². The number of rotatable bonds is 1. The highest BCUT2D eigenvalue weighted by molar-refractivity contribution is 5.88. The second-order valence-corrected chi connectivity index (χ2v) is 1.65. The van der Waals surface area contributed by atoms with Gasteiger partial charge in [-0.2, -0.15) is 0 Å². The third-order valence-electron chi connectivity index (χ3n) is 1.01. The summed E-state index contributed by atoms with van der Waals surface area (Å²) in [5.41, 5.74) is 0.352. The molecule has 1 radical (unpaired) electrons. The van der Waals surface area contributed by atoms with E-state index in [0.29, 0.717) is 5.56 Å². The van der Waals surface area contributed by atoms with Gasteiger partial charge in [0.05, 0.1) is 12.7 Å². The number of pyridine rings is 1. The maximum atomic E-state index is 10.7. The van der Waals surface area contributed by atoms with Crippen molar-refractivity contribution >= 4 is 5.97 Å². The molecule has 0 N–H and O–H groups in total. The van der Waals surface area contributed by atoms with Crippen LogP contribution in [0.3, 0.4) is 0 Å². The molecule has 0 amide bonds. The van der Waals surface area contributed by atoms with Gasteiger partial charge in [-0.25, -0.2) is 4.79 Å². The third kappa shape index (κ3) is 1.31. The molecule has 1 aromatic heterocycles. The van der Waals surface area contributed by atoms with Crippen LogP contribution in [-0.4, -0.2) is 18.1 Å². The minimum atomic E-state index is -0.409. The van der Waals surface area contributed by atoms with Crippen LogP contribution < -0.4 is 0 Å². The van der Waals surface area contributed by atoms with E-state index < -0.39 is 5.97 Å². The average molecular weight is 136 g/mol. The van der Waals surface area contributed by atoms with Gasteiger partial charge in [0.15, 0.2) is 0 Å². The summed E-state index contributed by atoms with van der Waals surface area (Å²) in [5.74, 6) is -0.409. The Hall–Kier alpha value is -1.38. The second-order valence-electron chi connectivity index (χ2n) is 1.65. The van der Waals surface area contributed by atoms with Gasteiger partial charge in [-0.05, 0) is 12.1 Å². The fourth-order valence-electron chi connectivity index (χ4n) is 0.550. The van der Waals surface area contributed by atoms with Crippen LogP contribution in [0, 0.1) is 6.20 Å². The molecular formula is C7H6NO2. The summed E-state index contributed by atoms with van der Waals surface area (Å²) in [6.45, 7) is 0. The van der Waals surface area contributed by atoms with Crippen LogP contribution in [-0.2, 0) is 4.74 Å². The molecule has 1 heterocycles. The van der Waals surface area contributed by atoms with Gasteiger partial charge in [0, 0.05) is 6.20 Å². The van der Waals surface area contributed by atoms with Gasteiger partial charge in [-0.3, -0.25) is 4.98 Å². The zero-order chi connectivity index (χ0) is 7.40. The zero-order valence-electron chi connectivity index (χ0n) is 5.50. The summed E-state index contributed by atoms with van der Waals surface area (Å²) in [6.07, 6.45) is 4.04. The molecule has 1 rings (SSSR count). The fraction of sp³-hybridized carbons (Fsp3) is 0.143. The van der Waals surface area contributed by atoms with Gasteiger partial charge in [0.1, 0.15) is 6.20 Å². The standard InChI is InChI=1S/C7H6NO2/c1-10-7(9)6-3-2-4-8-5-6/h2-4H,1H3. The molecule has 0 spiro atoms. The number of ether oxygens (including phenoxy) is 1. The lowest BCUT2D eigenvalue weighted by Crippen LogP contribution is -2.00. The first-order valence-electron chi connectivity index (χ1n) is 2.75. The van der Waals surface area contributed by atoms with Gasteiger partial charge < -0.3 is 4.74 Å². The summed E-state index contributed by atoms with van der Waals surface area (Å²) in [4.78, 5) is 14.3. The first-order chi connectivity index (χ1) is 4.84. The molecule has 0 fully saturated rings. The molecular weight excluding hydrogens is 130 g/mol. The van der Waals surface area contributed by atoms with E-state index in [9.17, 15) is 4.79 Å². The largest absolute Gasteiger partial charge is 0.465 e. The van der Waals surface area contributed by atoms with Crippen LogP contribution in [0.25, 0.3) is 0 Å². The molecule has 0 aliphatic rings. The number of esters is 1. The van der Waals surface area contributed by atoms with Gasteiger partial charge >= 0.3 is 5.97 Å². The molecule has 0 aliphatic heterocycles. The van der Waals surface area contributed by atoms with Crippen molar-refractivity contribution in [2.24, 2.45) is 0 Å². The smallest absolute Gasteiger partial charge is 0.340 e. The van der Waals surface area contributed by atoms with Crippen LogP contribution in [0.2, 0.25) is 0 Å². The molecule has 51 valence electrons. The molecule has 3 nitrogen and oxygen atoms in total. The first-order valence-corrected chi connectivity index (χ1v) is 2.75. The number of hydrogen-bond acceptors (Lipinski definition) is 3. The zero-order valence-corrected chi connectivity index (χ0v) is 5.50. The minimum absolute atomic E-state index is 0.352. The van der Waals surface area contributed by atoms with E-state index in [1.807, 2.05) is 0 Å². The van der Waals surface area contributed by atoms with E-state index in [-0.39, 0.29) is 0 Å². The predicted octanol–water partition coefficient (Wildman–Crippen LogP) is 0.668. The van der Waals surface area contributed by atoms with Crippen molar-refractivity contribution in [3.63, 3.8) is 0 Å². The number of nitrogens with zero attached hydrogens (tertiary/aromatic N) is 1. The number of carbonyl (C=O) groups excluding carboxylic acids is 1. The molecule has 0 saturated carbocycles. The van der Waals surface area contributed by atoms with Gasteiger partial charge in [0.25, 0.3) is 0 Å². The lowest BCUT2D eigenvalue weighted by atomic mass is 10.3. The Morgan fingerprint density at radius 2 is 2.60 bits per heavy atom. The van der Waals surface area contributed by atoms with E-state index in [4.69, 9.17) is 0 Å². The molecule has 0 aromatic carbocycles. The Morgan fingerprint density at radius 3 is 3.10 bits per heavy atom. The van der Waals surface area contributed by atoms with Crippen molar-refractivity contribution in [1.82, 2.24) is 4.98 Å². The molecule has 1 aromatic rings. The molecule has 0 bridgehead atoms. The van der Waals surface area contributed by atoms with Crippen molar-refractivity contribution in [2.75, 3.05) is 7.11 Å². The molecule has 0 unspecified atom stereocenters. The average Bonchev–Trinajstić information content (AvgIpc) is 2.05. The summed E-state index contributed by atoms with van der Waals surface area (Å²) in [6, 6.07) is 3.25. The van der Waals surface area contributed by atoms with Crippen LogP contribution in [0.5, 0.6) is 0 Å². The summed E-state index contributed by atoms with van der Waals surface area (Å²) < 4.78 is 4.43. The summed E-state index contributed by atoms with van der Waals surface area (Å²) in [7, 11) is 1.32. The molecule has 0 atom stereocenters. The third-order valence-corrected chi connectivity index (χ3v) is 1.01. The fourth-order valence-corrected chi connectivity index (χ4v) is 0.550. The quantitative estimate of drug-likeness (QED) is 0.532. The number of methoxy groups -OCH3 is 1. The lowest BCUT2D eigenvalue weighted by molar-refractivity contribution is 0.0600. The second kappa shape index (κ2) is 2.96. The Kier molecular flexibility index (Phi) is 1.99. The Morgan fingerprint density at radius 1 is 1.80 bits per heavy atom. The van der Waals surface area contributed by atoms with Crippen molar-refractivity contribution in [2.45, 2.75) is 0 Å². The van der Waals surface area contributed by atoms with E-state index >= 15 is 0 Å². The molecule has 10 heavy (non-hydrogen) atoms. The normalized spacial score (nSPS) is 8.90. The highest BCUT2D eigenvalue weighted by atomic mass is 16.5. The number of carbonyl (C=O) groups is 1. The predicted molar refractivity (Wildman–Crippen MR) is 34.4 cm³/mol. The maximum absolute atomic E-state index is 10.7. The van der Waals surface area contributed by atoms with Crippen LogP contribution >= 0.6 is 0 Å². The Balaban J connectivity index is 2.85. The molecule has 0 aliphatic carbocycles. The van der Waals surface area contributed by atoms with Crippen LogP contribution in [0.4, 0.5) is 0 Å². The van der Waals surface area contributed by atoms with Gasteiger partial charge in [-0.1, -0.05) is 0 Å². The SMILES string of the molecule is COC(=O)c1[c]nccc1. The van der Waals surface area contributed by atoms with Crippen LogP contribution in [0.1, 0.15) is 10.4 Å². The number of aromatic nitrogens is 1. The van der Waals surface area contributed by atoms with E-state index in [1.54, 1.807) is 18.3 Å². The van der Waals surface area contributed by atoms with E-state index in [1.165, 1.54) is 7.11 Å². The Labute approximate surface area is 58.7 Å². The first kappa shape index (κ1) is 6.74. The molecule has 0 saturated heterocycles. The van der Waals surface area contributed by atoms with Gasteiger partial charge in [-0.15, -0.1) is 0 Å². The maximum Gasteiger partial charge on any atom is 0.340 e. The topological polar surface area (TPSA) is 39.2 Å². The monoisotopic (exact) mass is 136 g/mol. The summed E-state index contributed by atoms with van der Waals surface area (Å²) in [5, 5.41) is 0. The minimum Gasteiger partial charge on any atom is -0.465 e. The molecule has 3 heteroatoms. The van der Waals surface area contributed by atoms with Crippen LogP contribution in [0.15, 0.2) is 18.3 Å². The highest BCUT2D eigenvalue weighted by Crippen LogP contribution is 1.95. The highest BCUT2D eigenvalue weighted by Gasteiger charge is 2.02. The number of hydrogen-bond donors (Lipinski definition) is 0. The lowest BCUT2D eigenvalue weighted by Gasteiger charge is -1.94. The van der Waals surface area contributed by atoms with Gasteiger partial charge in [0.2, 0.25) is 0 Å². The summed E-state index contributed by atoms with van der Waals surface area (Å²) >= 11 is 0.